The van der Waals surface area contributed by atoms with Crippen molar-refractivity contribution in [3.63, 3.8) is 0 Å². The Balaban J connectivity index is 2.28. The molecule has 0 radical (unpaired) electrons. The standard InChI is InChI=1S/C10H18O3S/c1-7(14-8-5-12-6-8)9(11)13-10(2,3)4/h7-8H,5-6H2,1-4H3. The lowest BCUT2D eigenvalue weighted by Gasteiger charge is -2.28. The molecule has 0 aromatic carbocycles. The van der Waals surface area contributed by atoms with Crippen molar-refractivity contribution >= 4 is 17.7 Å². The molecule has 1 unspecified atom stereocenters. The molecule has 1 aliphatic heterocycles. The van der Waals surface area contributed by atoms with Gasteiger partial charge in [-0.15, -0.1) is 11.8 Å². The molecule has 3 nitrogen and oxygen atoms in total. The van der Waals surface area contributed by atoms with E-state index in [1.54, 1.807) is 11.8 Å². The van der Waals surface area contributed by atoms with Gasteiger partial charge in [0, 0.05) is 0 Å². The topological polar surface area (TPSA) is 35.5 Å². The van der Waals surface area contributed by atoms with Gasteiger partial charge in [0.1, 0.15) is 10.9 Å². The maximum atomic E-state index is 11.6. The third-order valence-corrected chi connectivity index (χ3v) is 3.00. The molecule has 1 aliphatic rings. The average molecular weight is 218 g/mol. The second-order valence-corrected chi connectivity index (χ2v) is 6.12. The highest BCUT2D eigenvalue weighted by molar-refractivity contribution is 8.01. The van der Waals surface area contributed by atoms with E-state index in [2.05, 4.69) is 0 Å². The van der Waals surface area contributed by atoms with Crippen LogP contribution in [0.2, 0.25) is 0 Å². The SMILES string of the molecule is CC(SC1COC1)C(=O)OC(C)(C)C. The van der Waals surface area contributed by atoms with Crippen LogP contribution in [0.4, 0.5) is 0 Å². The number of thioether (sulfide) groups is 1. The number of hydrogen-bond acceptors (Lipinski definition) is 4. The van der Waals surface area contributed by atoms with Gasteiger partial charge in [-0.1, -0.05) is 0 Å². The van der Waals surface area contributed by atoms with Gasteiger partial charge >= 0.3 is 5.97 Å². The van der Waals surface area contributed by atoms with Gasteiger partial charge in [-0.05, 0) is 27.7 Å². The van der Waals surface area contributed by atoms with Crippen molar-refractivity contribution in [2.75, 3.05) is 13.2 Å². The van der Waals surface area contributed by atoms with Gasteiger partial charge < -0.3 is 9.47 Å². The molecule has 1 fully saturated rings. The van der Waals surface area contributed by atoms with E-state index in [0.29, 0.717) is 5.25 Å². The van der Waals surface area contributed by atoms with Gasteiger partial charge in [-0.3, -0.25) is 4.79 Å². The molecule has 0 bridgehead atoms. The molecule has 0 amide bonds. The van der Waals surface area contributed by atoms with Crippen LogP contribution in [0.3, 0.4) is 0 Å². The van der Waals surface area contributed by atoms with E-state index >= 15 is 0 Å². The van der Waals surface area contributed by atoms with Crippen molar-refractivity contribution in [1.29, 1.82) is 0 Å². The number of carbonyl (C=O) groups is 1. The smallest absolute Gasteiger partial charge is 0.319 e. The fourth-order valence-electron chi connectivity index (χ4n) is 1.02. The third-order valence-electron chi connectivity index (χ3n) is 1.74. The van der Waals surface area contributed by atoms with Gasteiger partial charge in [0.2, 0.25) is 0 Å². The minimum Gasteiger partial charge on any atom is -0.459 e. The number of rotatable bonds is 3. The average Bonchev–Trinajstić information content (AvgIpc) is 1.92. The molecule has 1 rings (SSSR count). The predicted molar refractivity (Wildman–Crippen MR) is 57.5 cm³/mol. The Hall–Kier alpha value is -0.220. The van der Waals surface area contributed by atoms with Crippen LogP contribution in [-0.4, -0.2) is 35.3 Å². The summed E-state index contributed by atoms with van der Waals surface area (Å²) >= 11 is 1.64. The maximum Gasteiger partial charge on any atom is 0.319 e. The zero-order valence-corrected chi connectivity index (χ0v) is 10.0. The second-order valence-electron chi connectivity index (χ2n) is 4.47. The summed E-state index contributed by atoms with van der Waals surface area (Å²) in [6.07, 6.45) is 0. The first-order valence-electron chi connectivity index (χ1n) is 4.84. The van der Waals surface area contributed by atoms with Crippen LogP contribution < -0.4 is 0 Å². The van der Waals surface area contributed by atoms with E-state index < -0.39 is 0 Å². The molecule has 0 aliphatic carbocycles. The highest BCUT2D eigenvalue weighted by atomic mass is 32.2. The Kier molecular flexibility index (Phi) is 3.84. The van der Waals surface area contributed by atoms with Crippen LogP contribution in [-0.2, 0) is 14.3 Å². The maximum absolute atomic E-state index is 11.6. The van der Waals surface area contributed by atoms with Gasteiger partial charge in [-0.2, -0.15) is 0 Å². The fraction of sp³-hybridized carbons (Fsp3) is 0.900. The van der Waals surface area contributed by atoms with Crippen LogP contribution >= 0.6 is 11.8 Å². The monoisotopic (exact) mass is 218 g/mol. The zero-order chi connectivity index (χ0) is 10.8. The highest BCUT2D eigenvalue weighted by Crippen LogP contribution is 2.25. The minimum absolute atomic E-state index is 0.0943. The quantitative estimate of drug-likeness (QED) is 0.677. The molecule has 0 spiro atoms. The summed E-state index contributed by atoms with van der Waals surface area (Å²) < 4.78 is 10.3. The number of hydrogen-bond donors (Lipinski definition) is 0. The molecule has 4 heteroatoms. The molecule has 1 atom stereocenters. The van der Waals surface area contributed by atoms with Gasteiger partial charge in [0.05, 0.1) is 18.5 Å². The van der Waals surface area contributed by atoms with Crippen molar-refractivity contribution in [2.24, 2.45) is 0 Å². The summed E-state index contributed by atoms with van der Waals surface area (Å²) in [5.41, 5.74) is -0.387. The number of carbonyl (C=O) groups excluding carboxylic acids is 1. The van der Waals surface area contributed by atoms with Crippen molar-refractivity contribution in [1.82, 2.24) is 0 Å². The number of ether oxygens (including phenoxy) is 2. The first-order valence-corrected chi connectivity index (χ1v) is 5.79. The molecule has 1 heterocycles. The summed E-state index contributed by atoms with van der Waals surface area (Å²) in [6.45, 7) is 9.06. The lowest BCUT2D eigenvalue weighted by atomic mass is 10.2. The van der Waals surface area contributed by atoms with Crippen LogP contribution in [0.5, 0.6) is 0 Å². The molecular weight excluding hydrogens is 200 g/mol. The first kappa shape index (κ1) is 11.9. The molecule has 14 heavy (non-hydrogen) atoms. The van der Waals surface area contributed by atoms with Crippen LogP contribution in [0.25, 0.3) is 0 Å². The summed E-state index contributed by atoms with van der Waals surface area (Å²) in [5, 5.41) is 0.376. The van der Waals surface area contributed by atoms with Crippen LogP contribution in [0.1, 0.15) is 27.7 Å². The van der Waals surface area contributed by atoms with Crippen LogP contribution in [0, 0.1) is 0 Å². The molecule has 0 N–H and O–H groups in total. The molecule has 0 saturated carbocycles. The molecule has 1 saturated heterocycles. The Morgan fingerprint density at radius 1 is 1.50 bits per heavy atom. The van der Waals surface area contributed by atoms with Gasteiger partial charge in [-0.25, -0.2) is 0 Å². The lowest BCUT2D eigenvalue weighted by Crippen LogP contribution is -2.35. The van der Waals surface area contributed by atoms with E-state index in [1.807, 2.05) is 27.7 Å². The van der Waals surface area contributed by atoms with Crippen LogP contribution in [0.15, 0.2) is 0 Å². The van der Waals surface area contributed by atoms with E-state index in [9.17, 15) is 4.79 Å². The molecule has 0 aromatic heterocycles. The summed E-state index contributed by atoms with van der Waals surface area (Å²) in [5.74, 6) is -0.130. The first-order chi connectivity index (χ1) is 6.38. The zero-order valence-electron chi connectivity index (χ0n) is 9.20. The molecular formula is C10H18O3S. The Morgan fingerprint density at radius 3 is 2.43 bits per heavy atom. The minimum atomic E-state index is -0.387. The Morgan fingerprint density at radius 2 is 2.07 bits per heavy atom. The summed E-state index contributed by atoms with van der Waals surface area (Å²) in [7, 11) is 0. The van der Waals surface area contributed by atoms with E-state index in [1.165, 1.54) is 0 Å². The Bertz CT molecular complexity index is 206. The highest BCUT2D eigenvalue weighted by Gasteiger charge is 2.28. The largest absolute Gasteiger partial charge is 0.459 e. The fourth-order valence-corrected chi connectivity index (χ4v) is 2.11. The molecule has 82 valence electrons. The van der Waals surface area contributed by atoms with Crippen molar-refractivity contribution in [3.8, 4) is 0 Å². The van der Waals surface area contributed by atoms with Gasteiger partial charge in [0.25, 0.3) is 0 Å². The van der Waals surface area contributed by atoms with E-state index in [0.717, 1.165) is 13.2 Å². The van der Waals surface area contributed by atoms with Gasteiger partial charge in [0.15, 0.2) is 0 Å². The predicted octanol–water partition coefficient (Wildman–Crippen LogP) is 1.85. The number of esters is 1. The van der Waals surface area contributed by atoms with Crippen molar-refractivity contribution in [2.45, 2.75) is 43.8 Å². The van der Waals surface area contributed by atoms with E-state index in [-0.39, 0.29) is 16.8 Å². The second kappa shape index (κ2) is 4.53. The summed E-state index contributed by atoms with van der Waals surface area (Å²) in [6, 6.07) is 0. The van der Waals surface area contributed by atoms with Crippen molar-refractivity contribution in [3.05, 3.63) is 0 Å². The van der Waals surface area contributed by atoms with E-state index in [4.69, 9.17) is 9.47 Å². The summed E-state index contributed by atoms with van der Waals surface area (Å²) in [4.78, 5) is 11.6. The van der Waals surface area contributed by atoms with Crippen molar-refractivity contribution < 1.29 is 14.3 Å². The normalized spacial score (nSPS) is 20.0. The lowest BCUT2D eigenvalue weighted by molar-refractivity contribution is -0.153. The Labute approximate surface area is 89.5 Å². The molecule has 0 aromatic rings. The third kappa shape index (κ3) is 3.88.